The molecule has 3 nitrogen and oxygen atoms in total. The number of hydrogen-bond donors (Lipinski definition) is 2. The third-order valence-electron chi connectivity index (χ3n) is 6.54. The molecule has 2 aliphatic rings. The van der Waals surface area contributed by atoms with E-state index in [1.54, 1.807) is 0 Å². The summed E-state index contributed by atoms with van der Waals surface area (Å²) >= 11 is 0. The maximum absolute atomic E-state index is 6.83. The first-order valence-corrected chi connectivity index (χ1v) is 18.3. The van der Waals surface area contributed by atoms with Crippen LogP contribution in [0.3, 0.4) is 0 Å². The van der Waals surface area contributed by atoms with E-state index in [2.05, 4.69) is 36.8 Å². The van der Waals surface area contributed by atoms with Gasteiger partial charge in [-0.15, -0.1) is 0 Å². The zero-order chi connectivity index (χ0) is 19.6. The molecule has 2 saturated carbocycles. The second-order valence-electron chi connectivity index (χ2n) is 10.4. The molecule has 0 atom stereocenters. The second-order valence-corrected chi connectivity index (χ2v) is 19.3. The van der Waals surface area contributed by atoms with Crippen LogP contribution in [0.1, 0.15) is 77.0 Å². The van der Waals surface area contributed by atoms with E-state index in [-0.39, 0.29) is 0 Å². The van der Waals surface area contributed by atoms with Crippen molar-refractivity contribution in [3.05, 3.63) is 0 Å². The van der Waals surface area contributed by atoms with Crippen LogP contribution in [0.15, 0.2) is 0 Å². The molecule has 27 heavy (non-hydrogen) atoms. The van der Waals surface area contributed by atoms with E-state index >= 15 is 0 Å². The van der Waals surface area contributed by atoms with Gasteiger partial charge in [-0.05, 0) is 89.9 Å². The minimum atomic E-state index is -1.52. The topological polar surface area (TPSA) is 33.3 Å². The third-order valence-corrected chi connectivity index (χ3v) is 14.1. The highest BCUT2D eigenvalue weighted by Crippen LogP contribution is 2.24. The van der Waals surface area contributed by atoms with E-state index in [1.165, 1.54) is 102 Å². The molecule has 0 aromatic heterocycles. The van der Waals surface area contributed by atoms with Crippen molar-refractivity contribution in [1.29, 1.82) is 0 Å². The first-order chi connectivity index (χ1) is 12.9. The van der Waals surface area contributed by atoms with Crippen molar-refractivity contribution in [2.75, 3.05) is 13.1 Å². The fraction of sp³-hybridized carbons (Fsp3) is 1.00. The normalized spacial score (nSPS) is 20.9. The smallest absolute Gasteiger partial charge is 0.173 e. The molecule has 5 heteroatoms. The van der Waals surface area contributed by atoms with Crippen molar-refractivity contribution in [2.24, 2.45) is 0 Å². The standard InChI is InChI=1S/C22H48N2OSi2/c1-26(2,19-11-17-23-21-13-7-5-8-14-21)25-27(3,4)20-12-18-24-22-15-9-6-10-16-22/h21-24H,5-20H2,1-4H3. The van der Waals surface area contributed by atoms with Crippen LogP contribution in [-0.2, 0) is 4.12 Å². The van der Waals surface area contributed by atoms with Crippen molar-refractivity contribution in [2.45, 2.75) is 127 Å². The van der Waals surface area contributed by atoms with E-state index in [0.29, 0.717) is 0 Å². The van der Waals surface area contributed by atoms with Gasteiger partial charge in [-0.2, -0.15) is 0 Å². The summed E-state index contributed by atoms with van der Waals surface area (Å²) in [5, 5.41) is 7.60. The van der Waals surface area contributed by atoms with Crippen LogP contribution in [0.2, 0.25) is 38.3 Å². The summed E-state index contributed by atoms with van der Waals surface area (Å²) in [7, 11) is -3.03. The summed E-state index contributed by atoms with van der Waals surface area (Å²) in [5.74, 6) is 0. The Kier molecular flexibility index (Phi) is 10.6. The van der Waals surface area contributed by atoms with Crippen LogP contribution in [0.4, 0.5) is 0 Å². The summed E-state index contributed by atoms with van der Waals surface area (Å²) < 4.78 is 6.83. The van der Waals surface area contributed by atoms with Gasteiger partial charge < -0.3 is 14.7 Å². The van der Waals surface area contributed by atoms with E-state index < -0.39 is 16.6 Å². The van der Waals surface area contributed by atoms with Crippen LogP contribution >= 0.6 is 0 Å². The van der Waals surface area contributed by atoms with Crippen molar-refractivity contribution >= 4 is 16.6 Å². The zero-order valence-corrected chi connectivity index (χ0v) is 20.9. The lowest BCUT2D eigenvalue weighted by atomic mass is 9.95. The molecule has 0 saturated heterocycles. The Bertz CT molecular complexity index is 356. The van der Waals surface area contributed by atoms with E-state index in [1.807, 2.05) is 0 Å². The number of hydrogen-bond acceptors (Lipinski definition) is 3. The van der Waals surface area contributed by atoms with Crippen LogP contribution in [-0.4, -0.2) is 41.8 Å². The van der Waals surface area contributed by atoms with E-state index in [4.69, 9.17) is 4.12 Å². The van der Waals surface area contributed by atoms with Gasteiger partial charge >= 0.3 is 0 Å². The first kappa shape index (κ1) is 23.6. The Labute approximate surface area is 172 Å². The molecule has 0 unspecified atom stereocenters. The van der Waals surface area contributed by atoms with Gasteiger partial charge in [-0.25, -0.2) is 0 Å². The largest absolute Gasteiger partial charge is 0.455 e. The van der Waals surface area contributed by atoms with Gasteiger partial charge in [0.15, 0.2) is 16.6 Å². The van der Waals surface area contributed by atoms with Gasteiger partial charge in [0, 0.05) is 12.1 Å². The molecule has 0 bridgehead atoms. The Balaban J connectivity index is 1.55. The Hall–Kier alpha value is 0.314. The molecular weight excluding hydrogens is 364 g/mol. The molecule has 0 aromatic carbocycles. The molecule has 0 aliphatic heterocycles. The minimum Gasteiger partial charge on any atom is -0.455 e. The third kappa shape index (κ3) is 10.6. The highest BCUT2D eigenvalue weighted by atomic mass is 28.4. The van der Waals surface area contributed by atoms with Crippen molar-refractivity contribution in [3.63, 3.8) is 0 Å². The average molecular weight is 413 g/mol. The van der Waals surface area contributed by atoms with Crippen molar-refractivity contribution in [1.82, 2.24) is 10.6 Å². The molecule has 0 radical (unpaired) electrons. The van der Waals surface area contributed by atoms with Crippen molar-refractivity contribution < 1.29 is 4.12 Å². The Morgan fingerprint density at radius 2 is 1.00 bits per heavy atom. The summed E-state index contributed by atoms with van der Waals surface area (Å²) in [6, 6.07) is 4.21. The predicted octanol–water partition coefficient (Wildman–Crippen LogP) is 6.04. The van der Waals surface area contributed by atoms with Gasteiger partial charge in [0.1, 0.15) is 0 Å². The van der Waals surface area contributed by atoms with E-state index in [0.717, 1.165) is 12.1 Å². The van der Waals surface area contributed by atoms with Crippen LogP contribution in [0.25, 0.3) is 0 Å². The zero-order valence-electron chi connectivity index (χ0n) is 18.9. The Morgan fingerprint density at radius 3 is 1.37 bits per heavy atom. The van der Waals surface area contributed by atoms with Gasteiger partial charge in [-0.1, -0.05) is 38.5 Å². The summed E-state index contributed by atoms with van der Waals surface area (Å²) in [5.41, 5.74) is 0. The lowest BCUT2D eigenvalue weighted by molar-refractivity contribution is 0.372. The van der Waals surface area contributed by atoms with Gasteiger partial charge in [0.25, 0.3) is 0 Å². The SMILES string of the molecule is C[Si](C)(CCCNC1CCCCC1)O[Si](C)(C)CCCNC1CCCCC1. The predicted molar refractivity (Wildman–Crippen MR) is 125 cm³/mol. The fourth-order valence-corrected chi connectivity index (χ4v) is 14.0. The molecule has 0 heterocycles. The van der Waals surface area contributed by atoms with Gasteiger partial charge in [0.2, 0.25) is 0 Å². The molecule has 2 fully saturated rings. The lowest BCUT2D eigenvalue weighted by Gasteiger charge is -2.34. The van der Waals surface area contributed by atoms with Crippen LogP contribution < -0.4 is 10.6 Å². The Morgan fingerprint density at radius 1 is 0.630 bits per heavy atom. The van der Waals surface area contributed by atoms with Crippen molar-refractivity contribution in [3.8, 4) is 0 Å². The molecule has 0 spiro atoms. The molecule has 0 aromatic rings. The summed E-state index contributed by atoms with van der Waals surface area (Å²) in [4.78, 5) is 0. The summed E-state index contributed by atoms with van der Waals surface area (Å²) in [6.45, 7) is 12.2. The molecule has 0 amide bonds. The molecule has 160 valence electrons. The number of rotatable bonds is 12. The monoisotopic (exact) mass is 412 g/mol. The quantitative estimate of drug-likeness (QED) is 0.303. The highest BCUT2D eigenvalue weighted by molar-refractivity contribution is 6.84. The molecule has 2 aliphatic carbocycles. The van der Waals surface area contributed by atoms with E-state index in [9.17, 15) is 0 Å². The summed E-state index contributed by atoms with van der Waals surface area (Å²) in [6.07, 6.45) is 16.8. The average Bonchev–Trinajstić information content (AvgIpc) is 2.63. The molecule has 2 N–H and O–H groups in total. The number of nitrogens with one attached hydrogen (secondary N) is 2. The first-order valence-electron chi connectivity index (χ1n) is 12.0. The van der Waals surface area contributed by atoms with Gasteiger partial charge in [-0.3, -0.25) is 0 Å². The maximum Gasteiger partial charge on any atom is 0.173 e. The van der Waals surface area contributed by atoms with Crippen LogP contribution in [0, 0.1) is 0 Å². The minimum absolute atomic E-state index is 0.798. The lowest BCUT2D eigenvalue weighted by Crippen LogP contribution is -2.45. The second kappa shape index (κ2) is 12.1. The maximum atomic E-state index is 6.83. The molecule has 2 rings (SSSR count). The van der Waals surface area contributed by atoms with Gasteiger partial charge in [0.05, 0.1) is 0 Å². The fourth-order valence-electron chi connectivity index (χ4n) is 5.10. The molecular formula is C22H48N2OSi2. The highest BCUT2D eigenvalue weighted by Gasteiger charge is 2.32. The van der Waals surface area contributed by atoms with Crippen LogP contribution in [0.5, 0.6) is 0 Å².